The molecule has 2 aromatic carbocycles. The minimum absolute atomic E-state index is 0.0591. The van der Waals surface area contributed by atoms with Crippen LogP contribution in [0, 0.1) is 6.92 Å². The Morgan fingerprint density at radius 2 is 1.82 bits per heavy atom. The summed E-state index contributed by atoms with van der Waals surface area (Å²) in [5, 5.41) is 5.88. The fraction of sp³-hybridized carbons (Fsp3) is 0.120. The first kappa shape index (κ1) is 23.0. The van der Waals surface area contributed by atoms with Crippen molar-refractivity contribution < 1.29 is 4.79 Å². The Bertz CT molecular complexity index is 1570. The van der Waals surface area contributed by atoms with Crippen LogP contribution in [0.3, 0.4) is 0 Å². The Balaban J connectivity index is 0.000000172. The number of halogens is 1. The molecule has 0 bridgehead atoms. The number of benzene rings is 2. The molecule has 0 aliphatic carbocycles. The third-order valence-corrected chi connectivity index (χ3v) is 5.66. The highest BCUT2D eigenvalue weighted by Crippen LogP contribution is 2.22. The molecule has 0 saturated heterocycles. The van der Waals surface area contributed by atoms with Gasteiger partial charge in [0.1, 0.15) is 5.56 Å². The minimum Gasteiger partial charge on any atom is -0.381 e. The Hall–Kier alpha value is -4.17. The van der Waals surface area contributed by atoms with Crippen molar-refractivity contribution in [1.82, 2.24) is 19.2 Å². The van der Waals surface area contributed by atoms with Crippen molar-refractivity contribution in [3.63, 3.8) is 0 Å². The van der Waals surface area contributed by atoms with Crippen LogP contribution in [0.4, 0.5) is 5.82 Å². The molecule has 0 unspecified atom stereocenters. The first-order chi connectivity index (χ1) is 16.3. The highest BCUT2D eigenvalue weighted by atomic mass is 35.5. The zero-order chi connectivity index (χ0) is 24.4. The average molecular weight is 475 g/mol. The standard InChI is InChI=1S/C17H14ClNO.C8H9N5O/c1-2-13-11-12-7-6-10-15(18)16(12)17(20)19(13)14-8-4-3-5-9-14;1-4-2-3-13-8(11-4)5(7(10)14)6(9)12-13/h3-11H,2H2,1H3;2-3H,1H3,(H2,9,12)(H2,10,14). The zero-order valence-electron chi connectivity index (χ0n) is 18.7. The number of nitrogen functional groups attached to an aromatic ring is 1. The van der Waals surface area contributed by atoms with Crippen LogP contribution in [-0.2, 0) is 6.42 Å². The third kappa shape index (κ3) is 4.23. The monoisotopic (exact) mass is 474 g/mol. The summed E-state index contributed by atoms with van der Waals surface area (Å²) in [7, 11) is 0. The lowest BCUT2D eigenvalue weighted by atomic mass is 10.1. The minimum atomic E-state index is -0.615. The fourth-order valence-electron chi connectivity index (χ4n) is 3.77. The van der Waals surface area contributed by atoms with Crippen molar-refractivity contribution in [2.75, 3.05) is 5.73 Å². The zero-order valence-corrected chi connectivity index (χ0v) is 19.5. The summed E-state index contributed by atoms with van der Waals surface area (Å²) >= 11 is 6.20. The molecule has 5 aromatic rings. The van der Waals surface area contributed by atoms with Crippen LogP contribution in [0.25, 0.3) is 22.1 Å². The van der Waals surface area contributed by atoms with E-state index in [1.807, 2.05) is 62.4 Å². The molecule has 0 radical (unpaired) electrons. The van der Waals surface area contributed by atoms with Crippen molar-refractivity contribution in [3.05, 3.63) is 99.2 Å². The maximum atomic E-state index is 12.8. The number of hydrogen-bond acceptors (Lipinski definition) is 5. The highest BCUT2D eigenvalue weighted by molar-refractivity contribution is 6.35. The smallest absolute Gasteiger partial charge is 0.264 e. The van der Waals surface area contributed by atoms with E-state index in [1.54, 1.807) is 22.9 Å². The second-order valence-electron chi connectivity index (χ2n) is 7.63. The molecule has 1 amide bonds. The van der Waals surface area contributed by atoms with Gasteiger partial charge in [-0.05, 0) is 49.1 Å². The molecule has 3 heterocycles. The van der Waals surface area contributed by atoms with E-state index in [0.717, 1.165) is 28.9 Å². The number of fused-ring (bicyclic) bond motifs is 2. The number of anilines is 1. The quantitative estimate of drug-likeness (QED) is 0.410. The van der Waals surface area contributed by atoms with Gasteiger partial charge in [0.15, 0.2) is 11.5 Å². The van der Waals surface area contributed by atoms with Gasteiger partial charge in [-0.2, -0.15) is 0 Å². The Morgan fingerprint density at radius 1 is 1.09 bits per heavy atom. The molecule has 3 aromatic heterocycles. The number of hydrogen-bond donors (Lipinski definition) is 2. The molecule has 34 heavy (non-hydrogen) atoms. The van der Waals surface area contributed by atoms with Gasteiger partial charge in [0.2, 0.25) is 0 Å². The Labute approximate surface area is 200 Å². The van der Waals surface area contributed by atoms with Crippen LogP contribution in [0.1, 0.15) is 28.7 Å². The lowest BCUT2D eigenvalue weighted by molar-refractivity contribution is 0.100. The van der Waals surface area contributed by atoms with Crippen LogP contribution in [0.15, 0.2) is 71.7 Å². The van der Waals surface area contributed by atoms with Crippen molar-refractivity contribution >= 4 is 39.7 Å². The van der Waals surface area contributed by atoms with Gasteiger partial charge >= 0.3 is 0 Å². The number of carbonyl (C=O) groups excluding carboxylic acids is 1. The van der Waals surface area contributed by atoms with E-state index in [9.17, 15) is 9.59 Å². The van der Waals surface area contributed by atoms with Gasteiger partial charge in [0.05, 0.1) is 10.4 Å². The van der Waals surface area contributed by atoms with E-state index < -0.39 is 5.91 Å². The van der Waals surface area contributed by atoms with Gasteiger partial charge in [0, 0.05) is 23.3 Å². The van der Waals surface area contributed by atoms with Crippen LogP contribution in [0.2, 0.25) is 5.02 Å². The number of rotatable bonds is 3. The molecule has 8 nitrogen and oxygen atoms in total. The Morgan fingerprint density at radius 3 is 2.50 bits per heavy atom. The number of carbonyl (C=O) groups is 1. The van der Waals surface area contributed by atoms with E-state index >= 15 is 0 Å². The fourth-order valence-corrected chi connectivity index (χ4v) is 4.03. The number of pyridine rings is 1. The number of para-hydroxylation sites is 1. The molecule has 0 aliphatic rings. The van der Waals surface area contributed by atoms with Crippen LogP contribution in [0.5, 0.6) is 0 Å². The third-order valence-electron chi connectivity index (χ3n) is 5.35. The number of aryl methyl sites for hydroxylation is 2. The second-order valence-corrected chi connectivity index (χ2v) is 8.04. The van der Waals surface area contributed by atoms with Crippen molar-refractivity contribution in [1.29, 1.82) is 0 Å². The highest BCUT2D eigenvalue weighted by Gasteiger charge is 2.16. The summed E-state index contributed by atoms with van der Waals surface area (Å²) in [5.74, 6) is -0.508. The summed E-state index contributed by atoms with van der Waals surface area (Å²) in [5.41, 5.74) is 13.8. The first-order valence-corrected chi connectivity index (χ1v) is 11.0. The van der Waals surface area contributed by atoms with Crippen LogP contribution < -0.4 is 17.0 Å². The lowest BCUT2D eigenvalue weighted by Gasteiger charge is -2.14. The number of nitrogens with zero attached hydrogens (tertiary/aromatic N) is 4. The maximum absolute atomic E-state index is 12.8. The van der Waals surface area contributed by atoms with Crippen molar-refractivity contribution in [2.45, 2.75) is 20.3 Å². The number of nitrogens with two attached hydrogens (primary N) is 2. The van der Waals surface area contributed by atoms with Gasteiger partial charge in [0.25, 0.3) is 11.5 Å². The topological polar surface area (TPSA) is 121 Å². The van der Waals surface area contributed by atoms with Gasteiger partial charge in [-0.1, -0.05) is 48.9 Å². The molecular formula is C25H23ClN6O2. The van der Waals surface area contributed by atoms with E-state index in [-0.39, 0.29) is 16.9 Å². The van der Waals surface area contributed by atoms with Gasteiger partial charge in [-0.3, -0.25) is 14.2 Å². The molecule has 172 valence electrons. The summed E-state index contributed by atoms with van der Waals surface area (Å²) in [6.45, 7) is 3.86. The summed E-state index contributed by atoms with van der Waals surface area (Å²) < 4.78 is 3.18. The van der Waals surface area contributed by atoms with E-state index in [0.29, 0.717) is 16.1 Å². The molecule has 9 heteroatoms. The first-order valence-electron chi connectivity index (χ1n) is 10.6. The van der Waals surface area contributed by atoms with Crippen LogP contribution >= 0.6 is 11.6 Å². The molecule has 0 atom stereocenters. The molecule has 4 N–H and O–H groups in total. The molecular weight excluding hydrogens is 452 g/mol. The number of aromatic nitrogens is 4. The SMILES string of the molecule is CCc1cc2cccc(Cl)c2c(=O)n1-c1ccccc1.Cc1ccn2nc(N)c(C(N)=O)c2n1. The average Bonchev–Trinajstić information content (AvgIpc) is 3.14. The molecule has 0 fully saturated rings. The molecule has 0 saturated carbocycles. The normalized spacial score (nSPS) is 10.8. The second kappa shape index (κ2) is 9.36. The largest absolute Gasteiger partial charge is 0.381 e. The van der Waals surface area contributed by atoms with Gasteiger partial charge < -0.3 is 11.5 Å². The number of amides is 1. The summed E-state index contributed by atoms with van der Waals surface area (Å²) in [6.07, 6.45) is 2.47. The van der Waals surface area contributed by atoms with E-state index in [2.05, 4.69) is 10.1 Å². The van der Waals surface area contributed by atoms with Crippen LogP contribution in [-0.4, -0.2) is 25.1 Å². The molecule has 0 aliphatic heterocycles. The Kier molecular flexibility index (Phi) is 6.34. The summed E-state index contributed by atoms with van der Waals surface area (Å²) in [6, 6.07) is 19.0. The predicted molar refractivity (Wildman–Crippen MR) is 135 cm³/mol. The maximum Gasteiger partial charge on any atom is 0.264 e. The van der Waals surface area contributed by atoms with Gasteiger partial charge in [-0.15, -0.1) is 5.10 Å². The molecule has 0 spiro atoms. The predicted octanol–water partition coefficient (Wildman–Crippen LogP) is 3.93. The van der Waals surface area contributed by atoms with Crippen molar-refractivity contribution in [3.8, 4) is 5.69 Å². The molecule has 5 rings (SSSR count). The lowest BCUT2D eigenvalue weighted by Crippen LogP contribution is -2.22. The van der Waals surface area contributed by atoms with E-state index in [4.69, 9.17) is 23.1 Å². The van der Waals surface area contributed by atoms with E-state index in [1.165, 1.54) is 4.52 Å². The van der Waals surface area contributed by atoms with Crippen molar-refractivity contribution in [2.24, 2.45) is 5.73 Å². The summed E-state index contributed by atoms with van der Waals surface area (Å²) in [4.78, 5) is 28.0. The van der Waals surface area contributed by atoms with Gasteiger partial charge in [-0.25, -0.2) is 9.50 Å². The number of primary amides is 1.